The zero-order chi connectivity index (χ0) is 17.6. The molecular formula is C18H15F2N3O2. The number of nitrogens with one attached hydrogen (secondary N) is 2. The largest absolute Gasteiger partial charge is 0.472 e. The molecule has 0 radical (unpaired) electrons. The van der Waals surface area contributed by atoms with E-state index >= 15 is 0 Å². The summed E-state index contributed by atoms with van der Waals surface area (Å²) in [5.74, 6) is -1.39. The number of benzene rings is 1. The second-order valence-electron chi connectivity index (χ2n) is 5.30. The highest BCUT2D eigenvalue weighted by atomic mass is 19.1. The van der Waals surface area contributed by atoms with E-state index in [1.54, 1.807) is 24.8 Å². The van der Waals surface area contributed by atoms with Gasteiger partial charge in [0.1, 0.15) is 11.6 Å². The molecule has 3 rings (SSSR count). The van der Waals surface area contributed by atoms with Gasteiger partial charge in [-0.1, -0.05) is 12.1 Å². The summed E-state index contributed by atoms with van der Waals surface area (Å²) in [6.45, 7) is 0.00622. The Bertz CT molecular complexity index is 829. The van der Waals surface area contributed by atoms with Crippen LogP contribution in [-0.2, 0) is 13.1 Å². The molecule has 2 aromatic heterocycles. The summed E-state index contributed by atoms with van der Waals surface area (Å²) < 4.78 is 32.0. The minimum atomic E-state index is -0.695. The number of aromatic nitrogens is 1. The van der Waals surface area contributed by atoms with Crippen LogP contribution in [0.4, 0.5) is 13.6 Å². The van der Waals surface area contributed by atoms with Crippen molar-refractivity contribution in [1.82, 2.24) is 15.6 Å². The molecule has 2 N–H and O–H groups in total. The van der Waals surface area contributed by atoms with Gasteiger partial charge >= 0.3 is 6.03 Å². The fraction of sp³-hybridized carbons (Fsp3) is 0.111. The summed E-state index contributed by atoms with van der Waals surface area (Å²) >= 11 is 0. The number of amides is 2. The predicted octanol–water partition coefficient (Wildman–Crippen LogP) is 3.62. The van der Waals surface area contributed by atoms with Gasteiger partial charge in [0.25, 0.3) is 0 Å². The molecule has 0 saturated heterocycles. The number of hydrogen-bond donors (Lipinski definition) is 2. The highest BCUT2D eigenvalue weighted by Gasteiger charge is 2.09. The lowest BCUT2D eigenvalue weighted by atomic mass is 10.2. The molecule has 0 aliphatic carbocycles. The molecule has 0 bridgehead atoms. The van der Waals surface area contributed by atoms with Gasteiger partial charge in [0.2, 0.25) is 0 Å². The van der Waals surface area contributed by atoms with E-state index in [-0.39, 0.29) is 18.7 Å². The number of rotatable bonds is 5. The van der Waals surface area contributed by atoms with Crippen molar-refractivity contribution in [3.63, 3.8) is 0 Å². The molecule has 5 nitrogen and oxygen atoms in total. The van der Waals surface area contributed by atoms with Crippen LogP contribution in [0.2, 0.25) is 0 Å². The minimum absolute atomic E-state index is 0.177. The van der Waals surface area contributed by atoms with Crippen LogP contribution in [0.3, 0.4) is 0 Å². The van der Waals surface area contributed by atoms with Crippen molar-refractivity contribution in [2.75, 3.05) is 0 Å². The van der Waals surface area contributed by atoms with Crippen LogP contribution in [0.5, 0.6) is 0 Å². The zero-order valence-corrected chi connectivity index (χ0v) is 13.1. The first-order valence-corrected chi connectivity index (χ1v) is 7.55. The van der Waals surface area contributed by atoms with Crippen LogP contribution in [0.25, 0.3) is 11.3 Å². The maximum absolute atomic E-state index is 13.5. The van der Waals surface area contributed by atoms with E-state index in [0.29, 0.717) is 0 Å². The van der Waals surface area contributed by atoms with Crippen molar-refractivity contribution in [3.05, 3.63) is 77.9 Å². The van der Waals surface area contributed by atoms with Crippen molar-refractivity contribution in [2.24, 2.45) is 0 Å². The number of pyridine rings is 1. The van der Waals surface area contributed by atoms with Crippen molar-refractivity contribution in [3.8, 4) is 11.3 Å². The van der Waals surface area contributed by atoms with Crippen LogP contribution in [0.1, 0.15) is 11.1 Å². The summed E-state index contributed by atoms with van der Waals surface area (Å²) in [4.78, 5) is 16.1. The van der Waals surface area contributed by atoms with Gasteiger partial charge in [-0.05, 0) is 29.8 Å². The van der Waals surface area contributed by atoms with E-state index in [0.717, 1.165) is 29.0 Å². The van der Waals surface area contributed by atoms with E-state index in [1.165, 1.54) is 6.07 Å². The second kappa shape index (κ2) is 7.57. The van der Waals surface area contributed by atoms with Gasteiger partial charge in [0, 0.05) is 23.9 Å². The Kier molecular flexibility index (Phi) is 5.03. The van der Waals surface area contributed by atoms with Crippen LogP contribution in [-0.4, -0.2) is 11.0 Å². The third-order valence-corrected chi connectivity index (χ3v) is 3.58. The first kappa shape index (κ1) is 16.6. The van der Waals surface area contributed by atoms with Gasteiger partial charge in [0.15, 0.2) is 0 Å². The topological polar surface area (TPSA) is 67.2 Å². The van der Waals surface area contributed by atoms with Gasteiger partial charge in [-0.25, -0.2) is 13.6 Å². The molecule has 1 aromatic carbocycles. The molecule has 128 valence electrons. The maximum atomic E-state index is 13.5. The lowest BCUT2D eigenvalue weighted by molar-refractivity contribution is 0.240. The average Bonchev–Trinajstić information content (AvgIpc) is 3.14. The fourth-order valence-electron chi connectivity index (χ4n) is 2.22. The molecule has 2 amide bonds. The summed E-state index contributed by atoms with van der Waals surface area (Å²) in [7, 11) is 0. The quantitative estimate of drug-likeness (QED) is 0.743. The Morgan fingerprint density at radius 2 is 1.80 bits per heavy atom. The zero-order valence-electron chi connectivity index (χ0n) is 13.1. The standard InChI is InChI=1S/C18H15F2N3O2/c19-15-2-1-3-16(20)14(15)10-23-18(24)22-9-12-4-5-17(21-8-12)13-6-7-25-11-13/h1-8,11H,9-10H2,(H2,22,23,24). The van der Waals surface area contributed by atoms with Crippen LogP contribution in [0.15, 0.2) is 59.5 Å². The smallest absolute Gasteiger partial charge is 0.315 e. The normalized spacial score (nSPS) is 10.5. The third-order valence-electron chi connectivity index (χ3n) is 3.58. The molecule has 0 spiro atoms. The fourth-order valence-corrected chi connectivity index (χ4v) is 2.22. The molecule has 2 heterocycles. The molecule has 0 saturated carbocycles. The first-order chi connectivity index (χ1) is 12.1. The second-order valence-corrected chi connectivity index (χ2v) is 5.30. The SMILES string of the molecule is O=C(NCc1ccc(-c2ccoc2)nc1)NCc1c(F)cccc1F. The van der Waals surface area contributed by atoms with Crippen LogP contribution >= 0.6 is 0 Å². The minimum Gasteiger partial charge on any atom is -0.472 e. The van der Waals surface area contributed by atoms with Crippen molar-refractivity contribution < 1.29 is 18.0 Å². The molecule has 25 heavy (non-hydrogen) atoms. The van der Waals surface area contributed by atoms with E-state index in [9.17, 15) is 13.6 Å². The molecule has 0 unspecified atom stereocenters. The number of carbonyl (C=O) groups is 1. The predicted molar refractivity (Wildman–Crippen MR) is 87.4 cm³/mol. The number of carbonyl (C=O) groups excluding carboxylic acids is 1. The summed E-state index contributed by atoms with van der Waals surface area (Å²) in [6, 6.07) is 8.47. The van der Waals surface area contributed by atoms with Gasteiger partial charge in [-0.3, -0.25) is 4.98 Å². The lowest BCUT2D eigenvalue weighted by Crippen LogP contribution is -2.35. The molecule has 0 aliphatic rings. The maximum Gasteiger partial charge on any atom is 0.315 e. The molecular weight excluding hydrogens is 328 g/mol. The number of nitrogens with zero attached hydrogens (tertiary/aromatic N) is 1. The van der Waals surface area contributed by atoms with Crippen LogP contribution < -0.4 is 10.6 Å². The first-order valence-electron chi connectivity index (χ1n) is 7.55. The van der Waals surface area contributed by atoms with Gasteiger partial charge in [-0.15, -0.1) is 0 Å². The Morgan fingerprint density at radius 3 is 2.44 bits per heavy atom. The Hall–Kier alpha value is -3.22. The summed E-state index contributed by atoms with van der Waals surface area (Å²) in [5, 5.41) is 5.03. The Labute approximate surface area is 142 Å². The summed E-state index contributed by atoms with van der Waals surface area (Å²) in [5.41, 5.74) is 2.24. The highest BCUT2D eigenvalue weighted by molar-refractivity contribution is 5.73. The Morgan fingerprint density at radius 1 is 1.04 bits per heavy atom. The van der Waals surface area contributed by atoms with Gasteiger partial charge in [-0.2, -0.15) is 0 Å². The third kappa shape index (κ3) is 4.20. The molecule has 0 atom stereocenters. The molecule has 7 heteroatoms. The Balaban J connectivity index is 1.51. The van der Waals surface area contributed by atoms with E-state index in [4.69, 9.17) is 4.42 Å². The molecule has 0 fully saturated rings. The molecule has 3 aromatic rings. The monoisotopic (exact) mass is 343 g/mol. The number of hydrogen-bond acceptors (Lipinski definition) is 3. The van der Waals surface area contributed by atoms with E-state index in [2.05, 4.69) is 15.6 Å². The van der Waals surface area contributed by atoms with E-state index in [1.807, 2.05) is 12.1 Å². The van der Waals surface area contributed by atoms with Crippen molar-refractivity contribution in [1.29, 1.82) is 0 Å². The highest BCUT2D eigenvalue weighted by Crippen LogP contribution is 2.17. The average molecular weight is 343 g/mol. The lowest BCUT2D eigenvalue weighted by Gasteiger charge is -2.09. The van der Waals surface area contributed by atoms with E-state index < -0.39 is 17.7 Å². The number of urea groups is 1. The number of furan rings is 1. The van der Waals surface area contributed by atoms with Crippen LogP contribution in [0, 0.1) is 11.6 Å². The van der Waals surface area contributed by atoms with Crippen molar-refractivity contribution >= 4 is 6.03 Å². The van der Waals surface area contributed by atoms with Gasteiger partial charge in [0.05, 0.1) is 24.8 Å². The van der Waals surface area contributed by atoms with Gasteiger partial charge < -0.3 is 15.1 Å². The van der Waals surface area contributed by atoms with Crippen molar-refractivity contribution in [2.45, 2.75) is 13.1 Å². The summed E-state index contributed by atoms with van der Waals surface area (Å²) in [6.07, 6.45) is 4.80. The number of halogens is 2. The molecule has 0 aliphatic heterocycles.